The van der Waals surface area contributed by atoms with Gasteiger partial charge in [-0.25, -0.2) is 0 Å². The normalized spacial score (nSPS) is 41.5. The molecule has 2 heteroatoms. The van der Waals surface area contributed by atoms with Crippen LogP contribution >= 0.6 is 0 Å². The van der Waals surface area contributed by atoms with Crippen LogP contribution in [-0.4, -0.2) is 23.9 Å². The van der Waals surface area contributed by atoms with Gasteiger partial charge in [-0.1, -0.05) is 30.3 Å². The molecule has 0 N–H and O–H groups in total. The Morgan fingerprint density at radius 1 is 0.957 bits per heavy atom. The summed E-state index contributed by atoms with van der Waals surface area (Å²) >= 11 is 0. The van der Waals surface area contributed by atoms with Gasteiger partial charge in [-0.05, 0) is 74.2 Å². The first-order chi connectivity index (χ1) is 11.2. The van der Waals surface area contributed by atoms with Crippen LogP contribution in [0.5, 0.6) is 0 Å². The predicted octanol–water partition coefficient (Wildman–Crippen LogP) is 4.15. The molecular weight excluding hydrogens is 282 g/mol. The van der Waals surface area contributed by atoms with Gasteiger partial charge in [-0.2, -0.15) is 0 Å². The fourth-order valence-corrected chi connectivity index (χ4v) is 6.90. The largest absolute Gasteiger partial charge is 0.342 e. The van der Waals surface area contributed by atoms with Crippen LogP contribution in [0.25, 0.3) is 0 Å². The summed E-state index contributed by atoms with van der Waals surface area (Å²) < 4.78 is 0. The van der Waals surface area contributed by atoms with Crippen LogP contribution in [0.2, 0.25) is 0 Å². The quantitative estimate of drug-likeness (QED) is 0.804. The summed E-state index contributed by atoms with van der Waals surface area (Å²) in [6.07, 6.45) is 9.90. The molecule has 1 aromatic rings. The molecule has 4 saturated carbocycles. The fourth-order valence-electron chi connectivity index (χ4n) is 6.90. The summed E-state index contributed by atoms with van der Waals surface area (Å²) in [7, 11) is 0. The molecule has 1 aromatic carbocycles. The molecule has 1 heterocycles. The summed E-state index contributed by atoms with van der Waals surface area (Å²) in [6.45, 7) is 2.02. The maximum Gasteiger partial charge on any atom is 0.228 e. The van der Waals surface area contributed by atoms with Crippen LogP contribution in [0.3, 0.4) is 0 Å². The van der Waals surface area contributed by atoms with Gasteiger partial charge in [0.1, 0.15) is 0 Å². The molecule has 2 nitrogen and oxygen atoms in total. The van der Waals surface area contributed by atoms with E-state index in [0.29, 0.717) is 11.3 Å². The smallest absolute Gasteiger partial charge is 0.228 e. The lowest BCUT2D eigenvalue weighted by molar-refractivity contribution is -0.159. The van der Waals surface area contributed by atoms with E-state index in [9.17, 15) is 4.79 Å². The zero-order valence-corrected chi connectivity index (χ0v) is 14.0. The Labute approximate surface area is 139 Å². The maximum atomic E-state index is 13.4. The zero-order chi connectivity index (χ0) is 15.5. The molecule has 4 bridgehead atoms. The molecule has 5 fully saturated rings. The van der Waals surface area contributed by atoms with Crippen molar-refractivity contribution in [2.75, 3.05) is 13.1 Å². The molecule has 0 spiro atoms. The molecule has 0 aromatic heterocycles. The van der Waals surface area contributed by atoms with E-state index in [2.05, 4.69) is 35.2 Å². The van der Waals surface area contributed by atoms with E-state index in [4.69, 9.17) is 0 Å². The van der Waals surface area contributed by atoms with E-state index in [0.717, 1.165) is 31.3 Å². The molecule has 6 rings (SSSR count). The lowest BCUT2D eigenvalue weighted by Gasteiger charge is -2.62. The summed E-state index contributed by atoms with van der Waals surface area (Å²) in [4.78, 5) is 15.6. The first-order valence-electron chi connectivity index (χ1n) is 9.54. The summed E-state index contributed by atoms with van der Waals surface area (Å²) in [5.41, 5.74) is 1.78. The Balaban J connectivity index is 1.53. The van der Waals surface area contributed by atoms with E-state index in [1.54, 1.807) is 0 Å². The molecule has 4 aliphatic carbocycles. The Morgan fingerprint density at radius 2 is 1.61 bits per heavy atom. The molecule has 23 heavy (non-hydrogen) atoms. The highest BCUT2D eigenvalue weighted by Gasteiger charge is 2.61. The van der Waals surface area contributed by atoms with Gasteiger partial charge in [0.15, 0.2) is 0 Å². The standard InChI is InChI=1S/C21H27NO/c23-19(22-8-4-5-9-22)21-13-16-10-17(14-21)12-20(11-16,15-21)18-6-2-1-3-7-18/h1-3,6-7,16-17H,4-5,8-15H2/t16-,17-,20?,21?/m1/s1. The van der Waals surface area contributed by atoms with Crippen LogP contribution in [0.1, 0.15) is 56.9 Å². The van der Waals surface area contributed by atoms with Crippen molar-refractivity contribution >= 4 is 5.91 Å². The van der Waals surface area contributed by atoms with Gasteiger partial charge in [-0.15, -0.1) is 0 Å². The molecule has 122 valence electrons. The molecule has 1 amide bonds. The third-order valence-corrected chi connectivity index (χ3v) is 7.29. The molecule has 1 saturated heterocycles. The summed E-state index contributed by atoms with van der Waals surface area (Å²) in [5.74, 6) is 2.08. The van der Waals surface area contributed by atoms with Gasteiger partial charge < -0.3 is 4.90 Å². The number of amides is 1. The lowest BCUT2D eigenvalue weighted by atomic mass is 9.42. The van der Waals surface area contributed by atoms with Crippen molar-refractivity contribution in [2.24, 2.45) is 17.3 Å². The zero-order valence-electron chi connectivity index (χ0n) is 14.0. The number of carbonyl (C=O) groups excluding carboxylic acids is 1. The Kier molecular flexibility index (Phi) is 2.96. The van der Waals surface area contributed by atoms with Crippen molar-refractivity contribution in [3.05, 3.63) is 35.9 Å². The number of hydrogen-bond acceptors (Lipinski definition) is 1. The number of rotatable bonds is 2. The number of carbonyl (C=O) groups is 1. The second-order valence-corrected chi connectivity index (χ2v) is 8.89. The number of nitrogens with zero attached hydrogens (tertiary/aromatic N) is 1. The van der Waals surface area contributed by atoms with Crippen molar-refractivity contribution in [2.45, 2.75) is 56.8 Å². The molecule has 1 aliphatic heterocycles. The highest BCUT2D eigenvalue weighted by atomic mass is 16.2. The minimum Gasteiger partial charge on any atom is -0.342 e. The first kappa shape index (κ1) is 14.1. The minimum absolute atomic E-state index is 0.0235. The second kappa shape index (κ2) is 4.84. The maximum absolute atomic E-state index is 13.4. The third kappa shape index (κ3) is 2.03. The van der Waals surface area contributed by atoms with Gasteiger partial charge in [0.25, 0.3) is 0 Å². The molecular formula is C21H27NO. The van der Waals surface area contributed by atoms with Gasteiger partial charge in [0, 0.05) is 13.1 Å². The Bertz CT molecular complexity index is 602. The van der Waals surface area contributed by atoms with E-state index >= 15 is 0 Å². The van der Waals surface area contributed by atoms with Crippen LogP contribution in [0, 0.1) is 17.3 Å². The topological polar surface area (TPSA) is 20.3 Å². The summed E-state index contributed by atoms with van der Waals surface area (Å²) in [5, 5.41) is 0. The Morgan fingerprint density at radius 3 is 2.26 bits per heavy atom. The SMILES string of the molecule is O=C(N1CCCC1)C12C[C@@H]3C[C@@H](C1)CC(c1ccccc1)(C3)C2. The van der Waals surface area contributed by atoms with Crippen LogP contribution in [-0.2, 0) is 10.2 Å². The highest BCUT2D eigenvalue weighted by Crippen LogP contribution is 2.66. The predicted molar refractivity (Wildman–Crippen MR) is 91.0 cm³/mol. The molecule has 0 radical (unpaired) electrons. The minimum atomic E-state index is -0.0235. The van der Waals surface area contributed by atoms with Crippen molar-refractivity contribution in [1.82, 2.24) is 4.90 Å². The van der Waals surface area contributed by atoms with Crippen LogP contribution < -0.4 is 0 Å². The van der Waals surface area contributed by atoms with Gasteiger partial charge in [0.05, 0.1) is 5.41 Å². The Hall–Kier alpha value is -1.31. The molecule has 2 atom stereocenters. The monoisotopic (exact) mass is 309 g/mol. The number of likely N-dealkylation sites (tertiary alicyclic amines) is 1. The third-order valence-electron chi connectivity index (χ3n) is 7.29. The van der Waals surface area contributed by atoms with E-state index in [-0.39, 0.29) is 5.41 Å². The van der Waals surface area contributed by atoms with Crippen molar-refractivity contribution in [3.8, 4) is 0 Å². The second-order valence-electron chi connectivity index (χ2n) is 8.89. The number of benzene rings is 1. The van der Waals surface area contributed by atoms with Crippen LogP contribution in [0.4, 0.5) is 0 Å². The number of hydrogen-bond donors (Lipinski definition) is 0. The van der Waals surface area contributed by atoms with Crippen molar-refractivity contribution < 1.29 is 4.79 Å². The fraction of sp³-hybridized carbons (Fsp3) is 0.667. The lowest BCUT2D eigenvalue weighted by Crippen LogP contribution is -2.59. The van der Waals surface area contributed by atoms with Crippen molar-refractivity contribution in [1.29, 1.82) is 0 Å². The van der Waals surface area contributed by atoms with Gasteiger partial charge >= 0.3 is 0 Å². The molecule has 5 aliphatic rings. The van der Waals surface area contributed by atoms with Gasteiger partial charge in [0.2, 0.25) is 5.91 Å². The van der Waals surface area contributed by atoms with Gasteiger partial charge in [-0.3, -0.25) is 4.79 Å². The summed E-state index contributed by atoms with van der Waals surface area (Å²) in [6, 6.07) is 11.1. The highest BCUT2D eigenvalue weighted by molar-refractivity contribution is 5.84. The average molecular weight is 309 g/mol. The molecule has 0 unspecified atom stereocenters. The average Bonchev–Trinajstić information content (AvgIpc) is 3.08. The van der Waals surface area contributed by atoms with Crippen molar-refractivity contribution in [3.63, 3.8) is 0 Å². The first-order valence-corrected chi connectivity index (χ1v) is 9.54. The van der Waals surface area contributed by atoms with E-state index in [1.807, 2.05) is 0 Å². The van der Waals surface area contributed by atoms with E-state index < -0.39 is 0 Å². The van der Waals surface area contributed by atoms with E-state index in [1.165, 1.54) is 50.5 Å². The van der Waals surface area contributed by atoms with Crippen LogP contribution in [0.15, 0.2) is 30.3 Å².